The molecule has 1 atom stereocenters. The Hall–Kier alpha value is -4.62. The molecule has 0 saturated carbocycles. The predicted octanol–water partition coefficient (Wildman–Crippen LogP) is 6.16. The summed E-state index contributed by atoms with van der Waals surface area (Å²) in [7, 11) is 1.45. The van der Waals surface area contributed by atoms with Gasteiger partial charge in [0.15, 0.2) is 0 Å². The quantitative estimate of drug-likeness (QED) is 0.176. The Morgan fingerprint density at radius 1 is 0.974 bits per heavy atom. The molecule has 1 aliphatic heterocycles. The molecule has 3 aromatic carbocycles. The van der Waals surface area contributed by atoms with Gasteiger partial charge in [0.25, 0.3) is 11.7 Å². The zero-order chi connectivity index (χ0) is 26.6. The van der Waals surface area contributed by atoms with E-state index in [1.165, 1.54) is 18.1 Å². The summed E-state index contributed by atoms with van der Waals surface area (Å²) in [6.45, 7) is 0.107. The first kappa shape index (κ1) is 25.0. The van der Waals surface area contributed by atoms with Gasteiger partial charge < -0.3 is 19.5 Å². The van der Waals surface area contributed by atoms with Crippen molar-refractivity contribution in [2.45, 2.75) is 12.6 Å². The second-order valence-electron chi connectivity index (χ2n) is 8.62. The summed E-state index contributed by atoms with van der Waals surface area (Å²) < 4.78 is 11.4. The summed E-state index contributed by atoms with van der Waals surface area (Å²) in [6.07, 6.45) is 3.26. The van der Waals surface area contributed by atoms with Gasteiger partial charge in [0, 0.05) is 24.0 Å². The number of carbonyl (C=O) groups is 2. The molecule has 38 heavy (non-hydrogen) atoms. The number of nitrogens with zero attached hydrogens (tertiary/aromatic N) is 2. The Balaban J connectivity index is 1.65. The number of aromatic nitrogens is 1. The van der Waals surface area contributed by atoms with Crippen LogP contribution in [0, 0.1) is 0 Å². The average Bonchev–Trinajstić information content (AvgIpc) is 3.19. The Kier molecular flexibility index (Phi) is 7.11. The maximum Gasteiger partial charge on any atom is 0.295 e. The highest BCUT2D eigenvalue weighted by molar-refractivity contribution is 6.46. The lowest BCUT2D eigenvalue weighted by molar-refractivity contribution is -0.140. The average molecular weight is 527 g/mol. The fourth-order valence-electron chi connectivity index (χ4n) is 4.46. The third-order valence-electron chi connectivity index (χ3n) is 6.19. The molecule has 1 aliphatic rings. The lowest BCUT2D eigenvalue weighted by Crippen LogP contribution is -2.29. The van der Waals surface area contributed by atoms with Crippen molar-refractivity contribution < 1.29 is 24.2 Å². The molecule has 1 N–H and O–H groups in total. The molecule has 1 unspecified atom stereocenters. The summed E-state index contributed by atoms with van der Waals surface area (Å²) >= 11 is 6.20. The molecular formula is C30H23ClN2O5. The molecule has 5 rings (SSSR count). The fraction of sp³-hybridized carbons (Fsp3) is 0.100. The number of ether oxygens (including phenoxy) is 2. The van der Waals surface area contributed by atoms with Crippen molar-refractivity contribution in [1.82, 2.24) is 9.88 Å². The van der Waals surface area contributed by atoms with Crippen molar-refractivity contribution in [2.75, 3.05) is 7.11 Å². The molecule has 0 bridgehead atoms. The number of ketones is 1. The van der Waals surface area contributed by atoms with Crippen molar-refractivity contribution in [1.29, 1.82) is 0 Å². The van der Waals surface area contributed by atoms with Crippen LogP contribution in [0.1, 0.15) is 22.7 Å². The molecule has 7 nitrogen and oxygen atoms in total. The lowest BCUT2D eigenvalue weighted by atomic mass is 9.94. The highest BCUT2D eigenvalue weighted by Gasteiger charge is 2.46. The van der Waals surface area contributed by atoms with Gasteiger partial charge in [-0.15, -0.1) is 0 Å². The molecule has 1 aromatic heterocycles. The van der Waals surface area contributed by atoms with E-state index in [0.29, 0.717) is 27.8 Å². The Morgan fingerprint density at radius 3 is 2.50 bits per heavy atom. The monoisotopic (exact) mass is 526 g/mol. The zero-order valence-electron chi connectivity index (χ0n) is 20.4. The summed E-state index contributed by atoms with van der Waals surface area (Å²) in [6, 6.07) is 23.7. The predicted molar refractivity (Wildman–Crippen MR) is 143 cm³/mol. The van der Waals surface area contributed by atoms with Crippen molar-refractivity contribution in [3.05, 3.63) is 125 Å². The van der Waals surface area contributed by atoms with Crippen molar-refractivity contribution in [2.24, 2.45) is 0 Å². The number of hydrogen-bond donors (Lipinski definition) is 1. The van der Waals surface area contributed by atoms with E-state index in [1.54, 1.807) is 54.9 Å². The fourth-order valence-corrected chi connectivity index (χ4v) is 4.63. The summed E-state index contributed by atoms with van der Waals surface area (Å²) in [4.78, 5) is 32.3. The van der Waals surface area contributed by atoms with Gasteiger partial charge in [0.2, 0.25) is 0 Å². The maximum atomic E-state index is 13.4. The minimum absolute atomic E-state index is 0.0729. The Labute approximate surface area is 224 Å². The molecule has 0 radical (unpaired) electrons. The number of carbonyl (C=O) groups excluding carboxylic acids is 2. The molecule has 0 spiro atoms. The van der Waals surface area contributed by atoms with Crippen LogP contribution in [0.15, 0.2) is 103 Å². The largest absolute Gasteiger partial charge is 0.507 e. The van der Waals surface area contributed by atoms with E-state index in [9.17, 15) is 14.7 Å². The first-order valence-corrected chi connectivity index (χ1v) is 12.2. The van der Waals surface area contributed by atoms with Crippen molar-refractivity contribution in [3.8, 4) is 17.2 Å². The normalized spacial score (nSPS) is 16.5. The van der Waals surface area contributed by atoms with E-state index in [4.69, 9.17) is 21.1 Å². The van der Waals surface area contributed by atoms with Crippen LogP contribution in [0.3, 0.4) is 0 Å². The minimum atomic E-state index is -0.904. The van der Waals surface area contributed by atoms with Gasteiger partial charge >= 0.3 is 0 Å². The van der Waals surface area contributed by atoms with Gasteiger partial charge in [-0.05, 0) is 59.7 Å². The van der Waals surface area contributed by atoms with Gasteiger partial charge in [0.05, 0.1) is 24.3 Å². The molecule has 1 fully saturated rings. The third-order valence-corrected chi connectivity index (χ3v) is 6.42. The van der Waals surface area contributed by atoms with Crippen LogP contribution >= 0.6 is 11.6 Å². The van der Waals surface area contributed by atoms with E-state index < -0.39 is 17.7 Å². The number of methoxy groups -OCH3 is 1. The second kappa shape index (κ2) is 10.8. The van der Waals surface area contributed by atoms with Gasteiger partial charge in [-0.25, -0.2) is 0 Å². The number of likely N-dealkylation sites (tertiary alicyclic amines) is 1. The maximum absolute atomic E-state index is 13.4. The van der Waals surface area contributed by atoms with Crippen molar-refractivity contribution in [3.63, 3.8) is 0 Å². The SMILES string of the molecule is COc1ccc(Cl)cc1/C(O)=C1\C(=O)C(=O)N(Cc2cccnc2)C1c1cccc(Oc2ccccc2)c1. The molecule has 4 aromatic rings. The third kappa shape index (κ3) is 4.96. The van der Waals surface area contributed by atoms with Gasteiger partial charge in [-0.3, -0.25) is 14.6 Å². The number of pyridine rings is 1. The summed E-state index contributed by atoms with van der Waals surface area (Å²) in [5, 5.41) is 11.8. The molecule has 0 aliphatic carbocycles. The molecule has 1 amide bonds. The number of hydrogen-bond acceptors (Lipinski definition) is 6. The number of aliphatic hydroxyl groups excluding tert-OH is 1. The highest BCUT2D eigenvalue weighted by atomic mass is 35.5. The number of amides is 1. The molecule has 8 heteroatoms. The highest BCUT2D eigenvalue weighted by Crippen LogP contribution is 2.43. The van der Waals surface area contributed by atoms with Gasteiger partial charge in [-0.2, -0.15) is 0 Å². The number of aliphatic hydroxyl groups is 1. The van der Waals surface area contributed by atoms with Crippen LogP contribution < -0.4 is 9.47 Å². The number of halogens is 1. The minimum Gasteiger partial charge on any atom is -0.507 e. The smallest absolute Gasteiger partial charge is 0.295 e. The summed E-state index contributed by atoms with van der Waals surface area (Å²) in [5.74, 6) is -0.469. The Bertz CT molecular complexity index is 1520. The molecule has 190 valence electrons. The van der Waals surface area contributed by atoms with Crippen LogP contribution in [-0.2, 0) is 16.1 Å². The van der Waals surface area contributed by atoms with Gasteiger partial charge in [0.1, 0.15) is 23.0 Å². The van der Waals surface area contributed by atoms with Crippen LogP contribution in [0.4, 0.5) is 0 Å². The van der Waals surface area contributed by atoms with Crippen molar-refractivity contribution >= 4 is 29.1 Å². The van der Waals surface area contributed by atoms with E-state index in [0.717, 1.165) is 5.56 Å². The van der Waals surface area contributed by atoms with E-state index in [1.807, 2.05) is 36.4 Å². The number of benzene rings is 3. The van der Waals surface area contributed by atoms with E-state index >= 15 is 0 Å². The van der Waals surface area contributed by atoms with Crippen LogP contribution in [0.25, 0.3) is 5.76 Å². The first-order chi connectivity index (χ1) is 18.5. The standard InChI is InChI=1S/C30H23ClN2O5/c1-37-25-13-12-21(31)16-24(25)28(34)26-27(33(30(36)29(26)35)18-19-7-6-14-32-17-19)20-8-5-11-23(15-20)38-22-9-3-2-4-10-22/h2-17,27,34H,18H2,1H3/b28-26+. The number of para-hydroxylation sites is 1. The van der Waals surface area contributed by atoms with E-state index in [2.05, 4.69) is 4.98 Å². The number of Topliss-reactive ketones (excluding diaryl/α,β-unsaturated/α-hetero) is 1. The molecule has 2 heterocycles. The second-order valence-corrected chi connectivity index (χ2v) is 9.06. The van der Waals surface area contributed by atoms with E-state index in [-0.39, 0.29) is 23.4 Å². The topological polar surface area (TPSA) is 89.0 Å². The van der Waals surface area contributed by atoms with Crippen LogP contribution in [0.5, 0.6) is 17.2 Å². The van der Waals surface area contributed by atoms with Gasteiger partial charge in [-0.1, -0.05) is 48.0 Å². The van der Waals surface area contributed by atoms with Crippen LogP contribution in [0.2, 0.25) is 5.02 Å². The molecule has 1 saturated heterocycles. The van der Waals surface area contributed by atoms with Crippen LogP contribution in [-0.4, -0.2) is 33.8 Å². The molecular weight excluding hydrogens is 504 g/mol. The number of rotatable bonds is 7. The summed E-state index contributed by atoms with van der Waals surface area (Å²) in [5.41, 5.74) is 1.46. The lowest BCUT2D eigenvalue weighted by Gasteiger charge is -2.26. The zero-order valence-corrected chi connectivity index (χ0v) is 21.1. The first-order valence-electron chi connectivity index (χ1n) is 11.8. The Morgan fingerprint density at radius 2 is 1.76 bits per heavy atom.